The lowest BCUT2D eigenvalue weighted by molar-refractivity contribution is 0.570. The van der Waals surface area contributed by atoms with Crippen LogP contribution in [-0.4, -0.2) is 0 Å². The number of rotatable bonds is 4. The molecular weight excluding hydrogens is 681 g/mol. The second-order valence-corrected chi connectivity index (χ2v) is 15.9. The second kappa shape index (κ2) is 11.9. The molecule has 1 atom stereocenters. The smallest absolute Gasteiger partial charge is 0.143 e. The summed E-state index contributed by atoms with van der Waals surface area (Å²) in [5.74, 6) is 0.175. The molecule has 252 valence electrons. The number of fused-ring (bicyclic) bond motifs is 7. The van der Waals surface area contributed by atoms with E-state index < -0.39 is 0 Å². The van der Waals surface area contributed by atoms with Crippen molar-refractivity contribution in [2.45, 2.75) is 26.2 Å². The van der Waals surface area contributed by atoms with Gasteiger partial charge >= 0.3 is 0 Å². The van der Waals surface area contributed by atoms with Crippen LogP contribution < -0.4 is 10.6 Å². The molecule has 1 unspecified atom stereocenters. The number of thiophene rings is 2. The third kappa shape index (κ3) is 4.54. The zero-order valence-electron chi connectivity index (χ0n) is 29.4. The number of furan rings is 1. The lowest BCUT2D eigenvalue weighted by Crippen LogP contribution is -2.25. The van der Waals surface area contributed by atoms with Crippen LogP contribution in [0.1, 0.15) is 29.0 Å². The van der Waals surface area contributed by atoms with Gasteiger partial charge in [0.2, 0.25) is 0 Å². The quantitative estimate of drug-likeness (QED) is 0.165. The fraction of sp³-hybridized carbons (Fsp3) is 0.0800. The van der Waals surface area contributed by atoms with Crippen LogP contribution in [0.2, 0.25) is 0 Å². The third-order valence-corrected chi connectivity index (χ3v) is 13.2. The molecule has 0 fully saturated rings. The molecule has 0 saturated carbocycles. The van der Waals surface area contributed by atoms with Gasteiger partial charge in [-0.1, -0.05) is 121 Å². The lowest BCUT2D eigenvalue weighted by atomic mass is 9.81. The highest BCUT2D eigenvalue weighted by molar-refractivity contribution is 7.08. The van der Waals surface area contributed by atoms with Crippen molar-refractivity contribution >= 4 is 88.9 Å². The average Bonchev–Trinajstić information content (AvgIpc) is 3.93. The van der Waals surface area contributed by atoms with Crippen molar-refractivity contribution in [2.75, 3.05) is 0 Å². The molecule has 0 radical (unpaired) electrons. The zero-order valence-corrected chi connectivity index (χ0v) is 31.1. The van der Waals surface area contributed by atoms with E-state index in [1.54, 1.807) is 22.7 Å². The number of para-hydroxylation sites is 1. The normalized spacial score (nSPS) is 14.3. The van der Waals surface area contributed by atoms with Crippen LogP contribution in [0.25, 0.3) is 99.6 Å². The summed E-state index contributed by atoms with van der Waals surface area (Å²) in [7, 11) is 0. The molecular formula is C50H34OS2. The summed E-state index contributed by atoms with van der Waals surface area (Å²) in [6, 6.07) is 42.5. The molecule has 0 spiro atoms. The Morgan fingerprint density at radius 3 is 1.38 bits per heavy atom. The number of aryl methyl sites for hydroxylation is 2. The maximum Gasteiger partial charge on any atom is 0.143 e. The topological polar surface area (TPSA) is 13.1 Å². The van der Waals surface area contributed by atoms with Crippen LogP contribution in [0.4, 0.5) is 0 Å². The number of hydrogen-bond donors (Lipinski definition) is 0. The van der Waals surface area contributed by atoms with Gasteiger partial charge in [-0.05, 0) is 130 Å². The van der Waals surface area contributed by atoms with Crippen molar-refractivity contribution in [3.63, 3.8) is 0 Å². The highest BCUT2D eigenvalue weighted by atomic mass is 32.1. The Bertz CT molecular complexity index is 3130. The molecule has 1 nitrogen and oxygen atoms in total. The van der Waals surface area contributed by atoms with E-state index in [9.17, 15) is 0 Å². The van der Waals surface area contributed by atoms with Gasteiger partial charge in [0, 0.05) is 27.6 Å². The molecule has 0 saturated heterocycles. The summed E-state index contributed by atoms with van der Waals surface area (Å²) in [6.45, 7) is 4.46. The van der Waals surface area contributed by atoms with Gasteiger partial charge < -0.3 is 4.42 Å². The predicted molar refractivity (Wildman–Crippen MR) is 230 cm³/mol. The standard InChI is InChI=1S/C50H34OS2/c1-29-25-52-27-43(29)48-35-14-5-3-12-33(35)46(34-13-4-6-15-36(34)48)31-22-23-32-41-20-11-21-42(50(41)51-45(32)24-31)47-37-16-7-9-18-39(37)49(44-28-53-26-30(44)2)40-19-10-8-17-38(40)47/h3-21,23-28,31H,22H2,1-2H3. The number of hydrogen-bond acceptors (Lipinski definition) is 3. The summed E-state index contributed by atoms with van der Waals surface area (Å²) < 4.78 is 7.09. The molecule has 0 aliphatic heterocycles. The van der Waals surface area contributed by atoms with E-state index >= 15 is 0 Å². The van der Waals surface area contributed by atoms with E-state index in [-0.39, 0.29) is 5.92 Å². The zero-order chi connectivity index (χ0) is 35.2. The Morgan fingerprint density at radius 1 is 0.472 bits per heavy atom. The van der Waals surface area contributed by atoms with Gasteiger partial charge in [-0.2, -0.15) is 22.7 Å². The van der Waals surface area contributed by atoms with Gasteiger partial charge in [0.25, 0.3) is 0 Å². The molecule has 3 heteroatoms. The Kier molecular flexibility index (Phi) is 6.92. The Morgan fingerprint density at radius 2 is 0.906 bits per heavy atom. The van der Waals surface area contributed by atoms with Gasteiger partial charge in [-0.15, -0.1) is 0 Å². The van der Waals surface area contributed by atoms with Crippen molar-refractivity contribution in [3.05, 3.63) is 164 Å². The van der Waals surface area contributed by atoms with Crippen LogP contribution >= 0.6 is 22.7 Å². The van der Waals surface area contributed by atoms with E-state index in [0.717, 1.165) is 23.0 Å². The fourth-order valence-corrected chi connectivity index (χ4v) is 10.9. The van der Waals surface area contributed by atoms with Gasteiger partial charge in [0.1, 0.15) is 11.0 Å². The van der Waals surface area contributed by atoms with Crippen LogP contribution in [0.15, 0.2) is 141 Å². The molecule has 11 rings (SSSR count). The maximum absolute atomic E-state index is 7.09. The second-order valence-electron chi connectivity index (χ2n) is 14.4. The van der Waals surface area contributed by atoms with Gasteiger partial charge in [-0.25, -0.2) is 0 Å². The highest BCUT2D eigenvalue weighted by Crippen LogP contribution is 2.47. The first-order chi connectivity index (χ1) is 26.2. The minimum atomic E-state index is 0.175. The molecule has 1 aliphatic rings. The van der Waals surface area contributed by atoms with E-state index in [0.29, 0.717) is 0 Å². The maximum atomic E-state index is 7.09. The summed E-state index contributed by atoms with van der Waals surface area (Å²) >= 11 is 3.56. The van der Waals surface area contributed by atoms with Crippen LogP contribution in [-0.2, 0) is 0 Å². The highest BCUT2D eigenvalue weighted by Gasteiger charge is 2.25. The first-order valence-corrected chi connectivity index (χ1v) is 20.2. The molecule has 3 heterocycles. The summed E-state index contributed by atoms with van der Waals surface area (Å²) in [5, 5.41) is 21.8. The van der Waals surface area contributed by atoms with Crippen LogP contribution in [0, 0.1) is 13.8 Å². The van der Waals surface area contributed by atoms with E-state index in [4.69, 9.17) is 4.42 Å². The molecule has 7 aromatic carbocycles. The monoisotopic (exact) mass is 714 g/mol. The SMILES string of the molecule is Cc1cscc1-c1c2ccccc2c(-c2cccc3c4c(oc23)=CC(c2c3ccccc3c(-c3cscc3C)c3ccccc23)CC=4)c2ccccc12. The molecule has 1 aliphatic carbocycles. The molecule has 0 bridgehead atoms. The van der Waals surface area contributed by atoms with E-state index in [1.165, 1.54) is 98.2 Å². The van der Waals surface area contributed by atoms with Crippen molar-refractivity contribution in [3.8, 4) is 33.4 Å². The van der Waals surface area contributed by atoms with Gasteiger partial charge in [0.15, 0.2) is 0 Å². The molecule has 10 aromatic rings. The summed E-state index contributed by atoms with van der Waals surface area (Å²) in [5.41, 5.74) is 13.6. The van der Waals surface area contributed by atoms with Gasteiger partial charge in [0.05, 0.1) is 0 Å². The number of benzene rings is 7. The molecule has 0 N–H and O–H groups in total. The van der Waals surface area contributed by atoms with Crippen molar-refractivity contribution in [2.24, 2.45) is 0 Å². The molecule has 53 heavy (non-hydrogen) atoms. The molecule has 0 amide bonds. The first-order valence-electron chi connectivity index (χ1n) is 18.3. The summed E-state index contributed by atoms with van der Waals surface area (Å²) in [6.07, 6.45) is 5.74. The summed E-state index contributed by atoms with van der Waals surface area (Å²) in [4.78, 5) is 0. The average molecular weight is 715 g/mol. The van der Waals surface area contributed by atoms with E-state index in [2.05, 4.69) is 163 Å². The Hall–Kier alpha value is -5.74. The first kappa shape index (κ1) is 30.8. The third-order valence-electron chi connectivity index (χ3n) is 11.5. The minimum Gasteiger partial charge on any atom is -0.456 e. The Labute approximate surface area is 315 Å². The molecule has 3 aromatic heterocycles. The largest absolute Gasteiger partial charge is 0.456 e. The minimum absolute atomic E-state index is 0.175. The van der Waals surface area contributed by atoms with Crippen LogP contribution in [0.3, 0.4) is 0 Å². The fourth-order valence-electron chi connectivity index (χ4n) is 9.18. The van der Waals surface area contributed by atoms with Gasteiger partial charge in [-0.3, -0.25) is 0 Å². The van der Waals surface area contributed by atoms with Crippen molar-refractivity contribution in [1.29, 1.82) is 0 Å². The lowest BCUT2D eigenvalue weighted by Gasteiger charge is -2.22. The van der Waals surface area contributed by atoms with Crippen molar-refractivity contribution in [1.82, 2.24) is 0 Å². The van der Waals surface area contributed by atoms with E-state index in [1.807, 2.05) is 0 Å². The van der Waals surface area contributed by atoms with Crippen LogP contribution in [0.5, 0.6) is 0 Å². The predicted octanol–water partition coefficient (Wildman–Crippen LogP) is 13.5. The van der Waals surface area contributed by atoms with Crippen molar-refractivity contribution < 1.29 is 4.42 Å². The Balaban J connectivity index is 1.16.